The van der Waals surface area contributed by atoms with E-state index in [4.69, 9.17) is 4.74 Å². The van der Waals surface area contributed by atoms with Gasteiger partial charge in [0.05, 0.1) is 7.11 Å². The molecule has 3 nitrogen and oxygen atoms in total. The van der Waals surface area contributed by atoms with Crippen molar-refractivity contribution < 1.29 is 9.53 Å². The van der Waals surface area contributed by atoms with Gasteiger partial charge in [-0.15, -0.1) is 6.58 Å². The Bertz CT molecular complexity index is 440. The van der Waals surface area contributed by atoms with E-state index in [1.54, 1.807) is 19.3 Å². The highest BCUT2D eigenvalue weighted by Crippen LogP contribution is 2.20. The summed E-state index contributed by atoms with van der Waals surface area (Å²) < 4.78 is 5.27. The monoisotopic (exact) mass is 261 g/mol. The summed E-state index contributed by atoms with van der Waals surface area (Å²) in [6.45, 7) is 7.86. The van der Waals surface area contributed by atoms with Gasteiger partial charge in [0.25, 0.3) is 5.91 Å². The lowest BCUT2D eigenvalue weighted by atomic mass is 10.1. The molecule has 0 aromatic heterocycles. The van der Waals surface area contributed by atoms with Crippen molar-refractivity contribution in [1.82, 2.24) is 5.32 Å². The lowest BCUT2D eigenvalue weighted by molar-refractivity contribution is 0.0938. The molecule has 0 heterocycles. The molecule has 0 saturated carbocycles. The second-order valence-corrected chi connectivity index (χ2v) is 4.68. The summed E-state index contributed by atoms with van der Waals surface area (Å²) in [5, 5.41) is 3.00. The molecule has 3 heteroatoms. The molecular formula is C16H23NO2. The molecule has 0 spiro atoms. The minimum absolute atomic E-state index is 0.0334. The van der Waals surface area contributed by atoms with E-state index in [1.807, 2.05) is 19.1 Å². The normalized spacial score (nSPS) is 11.7. The zero-order chi connectivity index (χ0) is 14.3. The third-order valence-corrected chi connectivity index (χ3v) is 3.01. The van der Waals surface area contributed by atoms with Crippen LogP contribution in [0.1, 0.15) is 42.6 Å². The molecule has 1 aromatic carbocycles. The Labute approximate surface area is 115 Å². The third kappa shape index (κ3) is 4.43. The summed E-state index contributed by atoms with van der Waals surface area (Å²) in [6.07, 6.45) is 4.54. The van der Waals surface area contributed by atoms with Gasteiger partial charge in [-0.2, -0.15) is 0 Å². The summed E-state index contributed by atoms with van der Waals surface area (Å²) >= 11 is 0. The van der Waals surface area contributed by atoms with Gasteiger partial charge in [0.15, 0.2) is 0 Å². The molecule has 104 valence electrons. The Balaban J connectivity index is 2.85. The van der Waals surface area contributed by atoms with Crippen molar-refractivity contribution >= 4 is 5.91 Å². The Morgan fingerprint density at radius 2 is 2.26 bits per heavy atom. The molecule has 0 radical (unpaired) electrons. The van der Waals surface area contributed by atoms with E-state index in [0.29, 0.717) is 12.0 Å². The maximum absolute atomic E-state index is 12.1. The Morgan fingerprint density at radius 1 is 1.53 bits per heavy atom. The fraction of sp³-hybridized carbons (Fsp3) is 0.438. The molecule has 19 heavy (non-hydrogen) atoms. The van der Waals surface area contributed by atoms with Gasteiger partial charge in [-0.05, 0) is 43.5 Å². The van der Waals surface area contributed by atoms with Crippen LogP contribution in [0.2, 0.25) is 0 Å². The van der Waals surface area contributed by atoms with Crippen LogP contribution in [0, 0.1) is 0 Å². The van der Waals surface area contributed by atoms with Crippen molar-refractivity contribution in [1.29, 1.82) is 0 Å². The van der Waals surface area contributed by atoms with Crippen molar-refractivity contribution in [3.05, 3.63) is 42.0 Å². The largest absolute Gasteiger partial charge is 0.496 e. The number of carbonyl (C=O) groups excluding carboxylic acids is 1. The number of nitrogens with one attached hydrogen (secondary N) is 1. The number of hydrogen-bond acceptors (Lipinski definition) is 2. The van der Waals surface area contributed by atoms with E-state index in [-0.39, 0.29) is 11.9 Å². The molecule has 1 amide bonds. The second-order valence-electron chi connectivity index (χ2n) is 4.68. The molecule has 1 rings (SSSR count). The van der Waals surface area contributed by atoms with Crippen LogP contribution >= 0.6 is 0 Å². The zero-order valence-electron chi connectivity index (χ0n) is 12.0. The van der Waals surface area contributed by atoms with Crippen LogP contribution in [0.4, 0.5) is 0 Å². The fourth-order valence-electron chi connectivity index (χ4n) is 2.05. The quantitative estimate of drug-likeness (QED) is 0.764. The van der Waals surface area contributed by atoms with Gasteiger partial charge in [-0.1, -0.05) is 19.4 Å². The average molecular weight is 261 g/mol. The number of allylic oxidation sites excluding steroid dienone is 1. The van der Waals surface area contributed by atoms with E-state index < -0.39 is 0 Å². The first kappa shape index (κ1) is 15.3. The minimum Gasteiger partial charge on any atom is -0.496 e. The van der Waals surface area contributed by atoms with E-state index in [2.05, 4.69) is 18.8 Å². The number of benzene rings is 1. The fourth-order valence-corrected chi connectivity index (χ4v) is 2.05. The van der Waals surface area contributed by atoms with Crippen LogP contribution in [-0.2, 0) is 6.42 Å². The number of carbonyl (C=O) groups is 1. The standard InChI is InChI=1S/C16H23NO2/c1-5-7-12(3)17-16(18)14-9-10-15(19-4)13(11-14)8-6-2/h6,9-12H,2,5,7-8H2,1,3-4H3,(H,17,18)/t12-/m1/s1. The molecule has 0 aliphatic heterocycles. The van der Waals surface area contributed by atoms with E-state index in [1.165, 1.54) is 0 Å². The predicted octanol–water partition coefficient (Wildman–Crippen LogP) is 3.34. The van der Waals surface area contributed by atoms with Gasteiger partial charge in [0.2, 0.25) is 0 Å². The van der Waals surface area contributed by atoms with E-state index >= 15 is 0 Å². The average Bonchev–Trinajstić information content (AvgIpc) is 2.39. The molecule has 1 atom stereocenters. The summed E-state index contributed by atoms with van der Waals surface area (Å²) in [6, 6.07) is 5.69. The van der Waals surface area contributed by atoms with Crippen molar-refractivity contribution in [3.63, 3.8) is 0 Å². The van der Waals surface area contributed by atoms with Crippen LogP contribution in [0.3, 0.4) is 0 Å². The van der Waals surface area contributed by atoms with Crippen LogP contribution < -0.4 is 10.1 Å². The SMILES string of the molecule is C=CCc1cc(C(=O)N[C@H](C)CCC)ccc1OC. The highest BCUT2D eigenvalue weighted by Gasteiger charge is 2.11. The predicted molar refractivity (Wildman–Crippen MR) is 78.7 cm³/mol. The Morgan fingerprint density at radius 3 is 2.84 bits per heavy atom. The van der Waals surface area contributed by atoms with Crippen molar-refractivity contribution in [3.8, 4) is 5.75 Å². The van der Waals surface area contributed by atoms with E-state index in [0.717, 1.165) is 24.2 Å². The van der Waals surface area contributed by atoms with Crippen molar-refractivity contribution in [2.75, 3.05) is 7.11 Å². The molecule has 1 aromatic rings. The number of amides is 1. The summed E-state index contributed by atoms with van der Waals surface area (Å²) in [5.41, 5.74) is 1.65. The molecule has 1 N–H and O–H groups in total. The lowest BCUT2D eigenvalue weighted by Gasteiger charge is -2.14. The molecule has 0 unspecified atom stereocenters. The molecule has 0 aliphatic rings. The maximum atomic E-state index is 12.1. The number of methoxy groups -OCH3 is 1. The van der Waals surface area contributed by atoms with Gasteiger partial charge in [0.1, 0.15) is 5.75 Å². The van der Waals surface area contributed by atoms with Crippen LogP contribution in [0.15, 0.2) is 30.9 Å². The first-order chi connectivity index (χ1) is 9.12. The zero-order valence-corrected chi connectivity index (χ0v) is 12.0. The van der Waals surface area contributed by atoms with E-state index in [9.17, 15) is 4.79 Å². The Kier molecular flexibility index (Phi) is 6.13. The first-order valence-electron chi connectivity index (χ1n) is 6.71. The number of ether oxygens (including phenoxy) is 1. The van der Waals surface area contributed by atoms with Crippen molar-refractivity contribution in [2.45, 2.75) is 39.2 Å². The van der Waals surface area contributed by atoms with Crippen LogP contribution in [0.5, 0.6) is 5.75 Å². The van der Waals surface area contributed by atoms with Crippen LogP contribution in [0.25, 0.3) is 0 Å². The number of rotatable bonds is 7. The summed E-state index contributed by atoms with van der Waals surface area (Å²) in [5.74, 6) is 0.756. The van der Waals surface area contributed by atoms with Gasteiger partial charge < -0.3 is 10.1 Å². The summed E-state index contributed by atoms with van der Waals surface area (Å²) in [7, 11) is 1.63. The van der Waals surface area contributed by atoms with Gasteiger partial charge >= 0.3 is 0 Å². The molecule has 0 bridgehead atoms. The Hall–Kier alpha value is -1.77. The van der Waals surface area contributed by atoms with Crippen LogP contribution in [-0.4, -0.2) is 19.1 Å². The second kappa shape index (κ2) is 7.62. The minimum atomic E-state index is -0.0334. The first-order valence-corrected chi connectivity index (χ1v) is 6.71. The van der Waals surface area contributed by atoms with Crippen molar-refractivity contribution in [2.24, 2.45) is 0 Å². The molecule has 0 saturated heterocycles. The maximum Gasteiger partial charge on any atom is 0.251 e. The lowest BCUT2D eigenvalue weighted by Crippen LogP contribution is -2.32. The molecule has 0 fully saturated rings. The smallest absolute Gasteiger partial charge is 0.251 e. The van der Waals surface area contributed by atoms with Gasteiger partial charge in [0, 0.05) is 11.6 Å². The molecular weight excluding hydrogens is 238 g/mol. The summed E-state index contributed by atoms with van der Waals surface area (Å²) in [4.78, 5) is 12.1. The highest BCUT2D eigenvalue weighted by atomic mass is 16.5. The number of hydrogen-bond donors (Lipinski definition) is 1. The topological polar surface area (TPSA) is 38.3 Å². The van der Waals surface area contributed by atoms with Gasteiger partial charge in [-0.3, -0.25) is 4.79 Å². The third-order valence-electron chi connectivity index (χ3n) is 3.01. The highest BCUT2D eigenvalue weighted by molar-refractivity contribution is 5.94. The molecule has 0 aliphatic carbocycles. The van der Waals surface area contributed by atoms with Gasteiger partial charge in [-0.25, -0.2) is 0 Å².